The predicted molar refractivity (Wildman–Crippen MR) is 99.1 cm³/mol. The molecule has 2 amide bonds. The Hall–Kier alpha value is -1.75. The molecule has 142 valence electrons. The number of amides is 2. The van der Waals surface area contributed by atoms with Crippen molar-refractivity contribution in [3.05, 3.63) is 11.4 Å². The number of rotatable bonds is 15. The van der Waals surface area contributed by atoms with Gasteiger partial charge in [0.25, 0.3) is 0 Å². The molecular formula is C17H29N3O4S. The summed E-state index contributed by atoms with van der Waals surface area (Å²) in [5, 5.41) is 5.66. The second-order valence-corrected chi connectivity index (χ2v) is 6.66. The number of methoxy groups -OCH3 is 1. The topological polar surface area (TPSA) is 88.9 Å². The molecule has 0 radical (unpaired) electrons. The van der Waals surface area contributed by atoms with Crippen LogP contribution in [0.15, 0.2) is 0 Å². The van der Waals surface area contributed by atoms with Gasteiger partial charge in [-0.1, -0.05) is 0 Å². The van der Waals surface area contributed by atoms with Crippen molar-refractivity contribution in [2.24, 2.45) is 0 Å². The molecule has 2 N–H and O–H groups in total. The molecule has 0 fully saturated rings. The maximum atomic E-state index is 11.6. The highest BCUT2D eigenvalue weighted by Crippen LogP contribution is 2.01. The summed E-state index contributed by atoms with van der Waals surface area (Å²) in [6, 6.07) is 0. The zero-order valence-corrected chi connectivity index (χ0v) is 15.8. The summed E-state index contributed by atoms with van der Waals surface area (Å²) >= 11 is 1.67. The quantitative estimate of drug-likeness (QED) is 0.260. The third-order valence-corrected chi connectivity index (χ3v) is 4.31. The van der Waals surface area contributed by atoms with Crippen LogP contribution in [-0.4, -0.2) is 56.0 Å². The number of carbonyl (C=O) groups is 3. The van der Waals surface area contributed by atoms with E-state index >= 15 is 0 Å². The Morgan fingerprint density at radius 1 is 0.920 bits per heavy atom. The van der Waals surface area contributed by atoms with Gasteiger partial charge in [0, 0.05) is 50.3 Å². The van der Waals surface area contributed by atoms with Crippen molar-refractivity contribution in [1.82, 2.24) is 10.6 Å². The van der Waals surface area contributed by atoms with Crippen LogP contribution in [-0.2, 0) is 19.1 Å². The minimum atomic E-state index is -0.297. The monoisotopic (exact) mass is 371 g/mol. The maximum absolute atomic E-state index is 11.6. The van der Waals surface area contributed by atoms with Crippen molar-refractivity contribution < 1.29 is 19.1 Å². The first-order valence-corrected chi connectivity index (χ1v) is 9.76. The van der Waals surface area contributed by atoms with Crippen molar-refractivity contribution in [3.63, 3.8) is 0 Å². The smallest absolute Gasteiger partial charge is 0.305 e. The largest absolute Gasteiger partial charge is 0.469 e. The van der Waals surface area contributed by atoms with E-state index in [2.05, 4.69) is 20.2 Å². The molecule has 0 saturated heterocycles. The number of thioether (sulfide) groups is 1. The lowest BCUT2D eigenvalue weighted by Gasteiger charge is -2.06. The third kappa shape index (κ3) is 16.9. The van der Waals surface area contributed by atoms with E-state index in [1.54, 1.807) is 11.8 Å². The van der Waals surface area contributed by atoms with E-state index in [9.17, 15) is 14.4 Å². The zero-order chi connectivity index (χ0) is 18.8. The van der Waals surface area contributed by atoms with E-state index < -0.39 is 0 Å². The van der Waals surface area contributed by atoms with Gasteiger partial charge in [-0.3, -0.25) is 14.4 Å². The van der Waals surface area contributed by atoms with Gasteiger partial charge in [-0.15, -0.1) is 0 Å². The van der Waals surface area contributed by atoms with Gasteiger partial charge in [0.1, 0.15) is 0 Å². The van der Waals surface area contributed by atoms with Gasteiger partial charge in [0.2, 0.25) is 18.4 Å². The van der Waals surface area contributed by atoms with E-state index in [-0.39, 0.29) is 24.2 Å². The zero-order valence-electron chi connectivity index (χ0n) is 15.0. The molecule has 0 atom stereocenters. The molecule has 0 aliphatic carbocycles. The molecule has 7 nitrogen and oxygen atoms in total. The normalized spacial score (nSPS) is 9.92. The molecule has 0 unspecified atom stereocenters. The van der Waals surface area contributed by atoms with Gasteiger partial charge in [-0.25, -0.2) is 6.57 Å². The molecule has 0 aromatic rings. The fourth-order valence-corrected chi connectivity index (χ4v) is 2.65. The van der Waals surface area contributed by atoms with Crippen LogP contribution in [0.25, 0.3) is 4.85 Å². The van der Waals surface area contributed by atoms with Gasteiger partial charge >= 0.3 is 5.97 Å². The molecule has 0 heterocycles. The first kappa shape index (κ1) is 23.2. The average molecular weight is 372 g/mol. The number of hydrogen-bond acceptors (Lipinski definition) is 5. The third-order valence-electron chi connectivity index (χ3n) is 3.32. The number of nitrogens with zero attached hydrogens (tertiary/aromatic N) is 1. The minimum Gasteiger partial charge on any atom is -0.469 e. The summed E-state index contributed by atoms with van der Waals surface area (Å²) in [6.45, 7) is 8.41. The van der Waals surface area contributed by atoms with Crippen LogP contribution >= 0.6 is 11.8 Å². The summed E-state index contributed by atoms with van der Waals surface area (Å²) in [6.07, 6.45) is 4.21. The van der Waals surface area contributed by atoms with E-state index in [0.29, 0.717) is 38.9 Å². The van der Waals surface area contributed by atoms with E-state index in [1.165, 1.54) is 7.11 Å². The van der Waals surface area contributed by atoms with Crippen molar-refractivity contribution in [3.8, 4) is 0 Å². The highest BCUT2D eigenvalue weighted by Gasteiger charge is 2.04. The van der Waals surface area contributed by atoms with Crippen LogP contribution in [0.5, 0.6) is 0 Å². The lowest BCUT2D eigenvalue weighted by Crippen LogP contribution is -2.27. The number of nitrogens with one attached hydrogen (secondary N) is 2. The van der Waals surface area contributed by atoms with Gasteiger partial charge in [-0.2, -0.15) is 11.8 Å². The second kappa shape index (κ2) is 17.1. The maximum Gasteiger partial charge on any atom is 0.305 e. The number of unbranched alkanes of at least 4 members (excludes halogenated alkanes) is 2. The molecule has 0 aromatic heterocycles. The Labute approximate surface area is 154 Å². The Kier molecular flexibility index (Phi) is 15.9. The summed E-state index contributed by atoms with van der Waals surface area (Å²) in [7, 11) is 1.33. The number of ether oxygens (including phenoxy) is 1. The molecular weight excluding hydrogens is 342 g/mol. The summed E-state index contributed by atoms with van der Waals surface area (Å²) < 4.78 is 4.51. The lowest BCUT2D eigenvalue weighted by molar-refractivity contribution is -0.140. The van der Waals surface area contributed by atoms with Crippen molar-refractivity contribution in [1.29, 1.82) is 0 Å². The average Bonchev–Trinajstić information content (AvgIpc) is 2.60. The Bertz CT molecular complexity index is 438. The molecule has 0 aromatic carbocycles. The molecule has 8 heteroatoms. The molecule has 0 aliphatic heterocycles. The predicted octanol–water partition coefficient (Wildman–Crippen LogP) is 1.77. The standard InChI is InChI=1S/C17H29N3O4S/c1-18-10-5-3-4-7-15(21)19-11-13-25-14-12-20-16(22)8-6-9-17(23)24-2/h3-14H2,2H3,(H,19,21)(H,20,22). The molecule has 0 rings (SSSR count). The first-order chi connectivity index (χ1) is 12.1. The Morgan fingerprint density at radius 2 is 1.52 bits per heavy atom. The van der Waals surface area contributed by atoms with Gasteiger partial charge in [0.15, 0.2) is 0 Å². The second-order valence-electron chi connectivity index (χ2n) is 5.43. The first-order valence-electron chi connectivity index (χ1n) is 8.61. The van der Waals surface area contributed by atoms with Crippen LogP contribution in [0, 0.1) is 6.57 Å². The van der Waals surface area contributed by atoms with Gasteiger partial charge in [-0.05, 0) is 19.3 Å². The van der Waals surface area contributed by atoms with Crippen molar-refractivity contribution in [2.45, 2.75) is 44.9 Å². The fraction of sp³-hybridized carbons (Fsp3) is 0.765. The van der Waals surface area contributed by atoms with Crippen LogP contribution in [0.1, 0.15) is 44.9 Å². The number of esters is 1. The summed E-state index contributed by atoms with van der Waals surface area (Å²) in [4.78, 5) is 37.2. The van der Waals surface area contributed by atoms with Gasteiger partial charge in [0.05, 0.1) is 7.11 Å². The SMILES string of the molecule is [C-]#[N+]CCCCCC(=O)NCCSCCNC(=O)CCCC(=O)OC. The lowest BCUT2D eigenvalue weighted by atomic mass is 10.2. The Balaban J connectivity index is 3.35. The van der Waals surface area contributed by atoms with Crippen LogP contribution < -0.4 is 10.6 Å². The van der Waals surface area contributed by atoms with Crippen molar-refractivity contribution in [2.75, 3.05) is 38.2 Å². The summed E-state index contributed by atoms with van der Waals surface area (Å²) in [5.74, 6) is 1.30. The summed E-state index contributed by atoms with van der Waals surface area (Å²) in [5.41, 5.74) is 0. The molecule has 0 spiro atoms. The van der Waals surface area contributed by atoms with Crippen molar-refractivity contribution >= 4 is 29.5 Å². The molecule has 0 aliphatic rings. The number of hydrogen-bond donors (Lipinski definition) is 2. The van der Waals surface area contributed by atoms with E-state index in [4.69, 9.17) is 6.57 Å². The highest BCUT2D eigenvalue weighted by atomic mass is 32.2. The van der Waals surface area contributed by atoms with Crippen LogP contribution in [0.2, 0.25) is 0 Å². The van der Waals surface area contributed by atoms with Crippen LogP contribution in [0.3, 0.4) is 0 Å². The minimum absolute atomic E-state index is 0.0577. The molecule has 25 heavy (non-hydrogen) atoms. The highest BCUT2D eigenvalue weighted by molar-refractivity contribution is 7.99. The van der Waals surface area contributed by atoms with E-state index in [1.807, 2.05) is 0 Å². The molecule has 0 saturated carbocycles. The van der Waals surface area contributed by atoms with Crippen LogP contribution in [0.4, 0.5) is 0 Å². The Morgan fingerprint density at radius 3 is 2.08 bits per heavy atom. The fourth-order valence-electron chi connectivity index (χ4n) is 1.95. The molecule has 0 bridgehead atoms. The van der Waals surface area contributed by atoms with E-state index in [0.717, 1.165) is 30.8 Å². The number of carbonyl (C=O) groups excluding carboxylic acids is 3. The van der Waals surface area contributed by atoms with Gasteiger partial charge < -0.3 is 20.2 Å².